The van der Waals surface area contributed by atoms with Crippen LogP contribution in [0.4, 0.5) is 0 Å². The summed E-state index contributed by atoms with van der Waals surface area (Å²) in [5.74, 6) is 0.969. The van der Waals surface area contributed by atoms with E-state index in [0.717, 1.165) is 18.6 Å². The van der Waals surface area contributed by atoms with Gasteiger partial charge in [0.05, 0.1) is 7.11 Å². The molecule has 2 heteroatoms. The highest BCUT2D eigenvalue weighted by Gasteiger charge is 2.06. The van der Waals surface area contributed by atoms with E-state index in [0.29, 0.717) is 6.04 Å². The molecule has 0 fully saturated rings. The summed E-state index contributed by atoms with van der Waals surface area (Å²) in [5.41, 5.74) is 2.58. The predicted octanol–water partition coefficient (Wildman–Crippen LogP) is 2.54. The summed E-state index contributed by atoms with van der Waals surface area (Å²) in [6.07, 6.45) is 2.24. The van der Waals surface area contributed by atoms with E-state index in [-0.39, 0.29) is 0 Å². The van der Waals surface area contributed by atoms with Crippen LogP contribution in [-0.4, -0.2) is 20.2 Å². The first-order valence-electron chi connectivity index (χ1n) is 5.52. The summed E-state index contributed by atoms with van der Waals surface area (Å²) in [4.78, 5) is 0. The molecule has 2 nitrogen and oxygen atoms in total. The average Bonchev–Trinajstić information content (AvgIpc) is 2.26. The van der Waals surface area contributed by atoms with Crippen molar-refractivity contribution in [3.05, 3.63) is 29.3 Å². The molecule has 0 saturated carbocycles. The predicted molar refractivity (Wildman–Crippen MR) is 64.6 cm³/mol. The smallest absolute Gasteiger partial charge is 0.121 e. The Bertz CT molecular complexity index is 305. The summed E-state index contributed by atoms with van der Waals surface area (Å²) in [6.45, 7) is 4.29. The number of likely N-dealkylation sites (N-methyl/N-ethyl adjacent to an activating group) is 1. The molecule has 1 N–H and O–H groups in total. The Morgan fingerprint density at radius 1 is 1.40 bits per heavy atom. The first-order chi connectivity index (χ1) is 7.21. The van der Waals surface area contributed by atoms with E-state index in [4.69, 9.17) is 4.74 Å². The maximum absolute atomic E-state index is 5.24. The number of hydrogen-bond acceptors (Lipinski definition) is 2. The molecule has 84 valence electrons. The van der Waals surface area contributed by atoms with E-state index in [1.54, 1.807) is 7.11 Å². The van der Waals surface area contributed by atoms with Crippen LogP contribution in [0.3, 0.4) is 0 Å². The van der Waals surface area contributed by atoms with Crippen LogP contribution in [0.2, 0.25) is 0 Å². The van der Waals surface area contributed by atoms with Gasteiger partial charge in [-0.2, -0.15) is 0 Å². The Labute approximate surface area is 92.6 Å². The largest absolute Gasteiger partial charge is 0.496 e. The number of methoxy groups -OCH3 is 1. The molecule has 0 amide bonds. The molecule has 1 atom stereocenters. The lowest BCUT2D eigenvalue weighted by Crippen LogP contribution is -2.26. The molecule has 0 aliphatic heterocycles. The molecular weight excluding hydrogens is 186 g/mol. The van der Waals surface area contributed by atoms with Crippen molar-refractivity contribution in [2.45, 2.75) is 32.7 Å². The van der Waals surface area contributed by atoms with Gasteiger partial charge < -0.3 is 10.1 Å². The van der Waals surface area contributed by atoms with Gasteiger partial charge in [0.2, 0.25) is 0 Å². The quantitative estimate of drug-likeness (QED) is 0.801. The van der Waals surface area contributed by atoms with Gasteiger partial charge in [0.1, 0.15) is 5.75 Å². The molecular formula is C13H21NO. The Balaban J connectivity index is 2.74. The second-order valence-corrected chi connectivity index (χ2v) is 3.90. The van der Waals surface area contributed by atoms with Gasteiger partial charge in [0.15, 0.2) is 0 Å². The normalized spacial score (nSPS) is 12.5. The van der Waals surface area contributed by atoms with Gasteiger partial charge in [-0.25, -0.2) is 0 Å². The van der Waals surface area contributed by atoms with Crippen molar-refractivity contribution in [2.75, 3.05) is 14.2 Å². The standard InChI is InChI=1S/C13H21NO/c1-5-12(14-3)9-11-6-7-13(15-4)10(2)8-11/h6-8,12,14H,5,9H2,1-4H3. The molecule has 0 spiro atoms. The molecule has 0 heterocycles. The zero-order valence-corrected chi connectivity index (χ0v) is 10.1. The number of hydrogen-bond donors (Lipinski definition) is 1. The van der Waals surface area contributed by atoms with Crippen LogP contribution < -0.4 is 10.1 Å². The van der Waals surface area contributed by atoms with E-state index in [1.807, 2.05) is 13.1 Å². The summed E-state index contributed by atoms with van der Waals surface area (Å²) in [6, 6.07) is 6.97. The third-order valence-corrected chi connectivity index (χ3v) is 2.84. The van der Waals surface area contributed by atoms with Crippen LogP contribution in [0.5, 0.6) is 5.75 Å². The van der Waals surface area contributed by atoms with E-state index in [2.05, 4.69) is 31.3 Å². The van der Waals surface area contributed by atoms with Crippen molar-refractivity contribution in [2.24, 2.45) is 0 Å². The minimum atomic E-state index is 0.567. The Hall–Kier alpha value is -1.02. The lowest BCUT2D eigenvalue weighted by molar-refractivity contribution is 0.411. The Kier molecular flexibility index (Phi) is 4.63. The lowest BCUT2D eigenvalue weighted by atomic mass is 10.0. The topological polar surface area (TPSA) is 21.3 Å². The van der Waals surface area contributed by atoms with Gasteiger partial charge in [0, 0.05) is 6.04 Å². The molecule has 1 aromatic rings. The number of ether oxygens (including phenoxy) is 1. The minimum Gasteiger partial charge on any atom is -0.496 e. The van der Waals surface area contributed by atoms with Crippen LogP contribution in [0.1, 0.15) is 24.5 Å². The molecule has 0 aliphatic rings. The summed E-state index contributed by atoms with van der Waals surface area (Å²) in [7, 11) is 3.73. The highest BCUT2D eigenvalue weighted by atomic mass is 16.5. The SMILES string of the molecule is CCC(Cc1ccc(OC)c(C)c1)NC. The zero-order chi connectivity index (χ0) is 11.3. The molecule has 0 radical (unpaired) electrons. The minimum absolute atomic E-state index is 0.567. The van der Waals surface area contributed by atoms with E-state index in [1.165, 1.54) is 11.1 Å². The number of nitrogens with one attached hydrogen (secondary N) is 1. The molecule has 0 aliphatic carbocycles. The summed E-state index contributed by atoms with van der Waals surface area (Å²) >= 11 is 0. The van der Waals surface area contributed by atoms with Crippen molar-refractivity contribution in [3.63, 3.8) is 0 Å². The molecule has 15 heavy (non-hydrogen) atoms. The first kappa shape index (κ1) is 12.1. The van der Waals surface area contributed by atoms with Gasteiger partial charge in [-0.15, -0.1) is 0 Å². The van der Waals surface area contributed by atoms with Crippen molar-refractivity contribution >= 4 is 0 Å². The van der Waals surface area contributed by atoms with Crippen LogP contribution >= 0.6 is 0 Å². The van der Waals surface area contributed by atoms with Crippen molar-refractivity contribution < 1.29 is 4.74 Å². The zero-order valence-electron chi connectivity index (χ0n) is 10.1. The molecule has 1 aromatic carbocycles. The Morgan fingerprint density at radius 3 is 2.60 bits per heavy atom. The van der Waals surface area contributed by atoms with Crippen LogP contribution in [-0.2, 0) is 6.42 Å². The fourth-order valence-electron chi connectivity index (χ4n) is 1.80. The number of benzene rings is 1. The third kappa shape index (κ3) is 3.24. The van der Waals surface area contributed by atoms with Gasteiger partial charge in [-0.05, 0) is 44.0 Å². The summed E-state index contributed by atoms with van der Waals surface area (Å²) < 4.78 is 5.24. The fraction of sp³-hybridized carbons (Fsp3) is 0.538. The maximum atomic E-state index is 5.24. The number of rotatable bonds is 5. The summed E-state index contributed by atoms with van der Waals surface area (Å²) in [5, 5.41) is 3.32. The average molecular weight is 207 g/mol. The van der Waals surface area contributed by atoms with Crippen molar-refractivity contribution in [3.8, 4) is 5.75 Å². The second-order valence-electron chi connectivity index (χ2n) is 3.90. The van der Waals surface area contributed by atoms with Crippen LogP contribution in [0, 0.1) is 6.92 Å². The maximum Gasteiger partial charge on any atom is 0.121 e. The van der Waals surface area contributed by atoms with E-state index >= 15 is 0 Å². The number of aryl methyl sites for hydroxylation is 1. The van der Waals surface area contributed by atoms with E-state index < -0.39 is 0 Å². The lowest BCUT2D eigenvalue weighted by Gasteiger charge is -2.14. The van der Waals surface area contributed by atoms with Crippen LogP contribution in [0.25, 0.3) is 0 Å². The third-order valence-electron chi connectivity index (χ3n) is 2.84. The molecule has 0 bridgehead atoms. The Morgan fingerprint density at radius 2 is 2.13 bits per heavy atom. The highest BCUT2D eigenvalue weighted by Crippen LogP contribution is 2.19. The van der Waals surface area contributed by atoms with Gasteiger partial charge in [0.25, 0.3) is 0 Å². The monoisotopic (exact) mass is 207 g/mol. The first-order valence-corrected chi connectivity index (χ1v) is 5.52. The molecule has 1 unspecified atom stereocenters. The molecule has 1 rings (SSSR count). The van der Waals surface area contributed by atoms with Gasteiger partial charge in [-0.1, -0.05) is 19.1 Å². The molecule has 0 saturated heterocycles. The highest BCUT2D eigenvalue weighted by molar-refractivity contribution is 5.36. The van der Waals surface area contributed by atoms with Gasteiger partial charge >= 0.3 is 0 Å². The molecule has 0 aromatic heterocycles. The van der Waals surface area contributed by atoms with E-state index in [9.17, 15) is 0 Å². The fourth-order valence-corrected chi connectivity index (χ4v) is 1.80. The van der Waals surface area contributed by atoms with Crippen molar-refractivity contribution in [1.29, 1.82) is 0 Å². The van der Waals surface area contributed by atoms with Gasteiger partial charge in [-0.3, -0.25) is 0 Å². The van der Waals surface area contributed by atoms with Crippen molar-refractivity contribution in [1.82, 2.24) is 5.32 Å². The van der Waals surface area contributed by atoms with Crippen LogP contribution in [0.15, 0.2) is 18.2 Å². The second kappa shape index (κ2) is 5.76.